The fourth-order valence-electron chi connectivity index (χ4n) is 2.53. The highest BCUT2D eigenvalue weighted by atomic mass is 32.2. The average molecular weight is 351 g/mol. The van der Waals surface area contributed by atoms with Crippen LogP contribution in [-0.4, -0.2) is 34.7 Å². The summed E-state index contributed by atoms with van der Waals surface area (Å²) < 4.78 is 23.7. The second kappa shape index (κ2) is 7.65. The van der Waals surface area contributed by atoms with Gasteiger partial charge in [0.05, 0.1) is 13.7 Å². The normalized spacial score (nSPS) is 15.2. The van der Waals surface area contributed by atoms with Crippen LogP contribution in [0.4, 0.5) is 4.39 Å². The Balaban J connectivity index is 1.58. The molecule has 3 rings (SSSR count). The number of nitrogens with zero attached hydrogens (tertiary/aromatic N) is 2. The first-order valence-corrected chi connectivity index (χ1v) is 8.85. The standard InChI is InChI=1S/C16H18FN3O3S/c1-22-13-3-2-11(8-12(13)17)16(21)18-9-14-19-15(20-23-14)10-4-6-24-7-5-10/h2-3,8,10H,4-7,9H2,1H3,(H,18,21). The fourth-order valence-corrected chi connectivity index (χ4v) is 3.63. The molecule has 0 radical (unpaired) electrons. The van der Waals surface area contributed by atoms with Crippen LogP contribution in [0.15, 0.2) is 22.7 Å². The monoisotopic (exact) mass is 351 g/mol. The van der Waals surface area contributed by atoms with Gasteiger partial charge in [0.1, 0.15) is 0 Å². The molecule has 0 unspecified atom stereocenters. The zero-order chi connectivity index (χ0) is 16.9. The third-order valence-electron chi connectivity index (χ3n) is 3.88. The van der Waals surface area contributed by atoms with E-state index < -0.39 is 11.7 Å². The molecule has 1 aromatic carbocycles. The van der Waals surface area contributed by atoms with Gasteiger partial charge in [0.2, 0.25) is 5.89 Å². The van der Waals surface area contributed by atoms with Crippen LogP contribution in [-0.2, 0) is 6.54 Å². The van der Waals surface area contributed by atoms with Crippen LogP contribution >= 0.6 is 11.8 Å². The van der Waals surface area contributed by atoms with Crippen LogP contribution in [0.2, 0.25) is 0 Å². The third kappa shape index (κ3) is 3.87. The predicted molar refractivity (Wildman–Crippen MR) is 87.7 cm³/mol. The van der Waals surface area contributed by atoms with Crippen molar-refractivity contribution in [1.29, 1.82) is 0 Å². The predicted octanol–water partition coefficient (Wildman–Crippen LogP) is 2.76. The van der Waals surface area contributed by atoms with E-state index >= 15 is 0 Å². The van der Waals surface area contributed by atoms with Crippen molar-refractivity contribution in [1.82, 2.24) is 15.5 Å². The molecule has 1 fully saturated rings. The molecule has 0 saturated carbocycles. The molecule has 1 saturated heterocycles. The summed E-state index contributed by atoms with van der Waals surface area (Å²) in [4.78, 5) is 16.4. The lowest BCUT2D eigenvalue weighted by atomic mass is 10.0. The molecule has 128 valence electrons. The zero-order valence-corrected chi connectivity index (χ0v) is 14.1. The van der Waals surface area contributed by atoms with E-state index in [2.05, 4.69) is 15.5 Å². The molecule has 0 bridgehead atoms. The van der Waals surface area contributed by atoms with Gasteiger partial charge in [0, 0.05) is 11.5 Å². The van der Waals surface area contributed by atoms with Crippen LogP contribution in [0, 0.1) is 5.82 Å². The molecule has 2 heterocycles. The number of carbonyl (C=O) groups is 1. The molecule has 8 heteroatoms. The van der Waals surface area contributed by atoms with Crippen molar-refractivity contribution < 1.29 is 18.4 Å². The lowest BCUT2D eigenvalue weighted by Gasteiger charge is -2.17. The van der Waals surface area contributed by atoms with Gasteiger partial charge in [-0.2, -0.15) is 16.7 Å². The van der Waals surface area contributed by atoms with Gasteiger partial charge in [0.25, 0.3) is 5.91 Å². The molecule has 1 aromatic heterocycles. The van der Waals surface area contributed by atoms with Crippen molar-refractivity contribution >= 4 is 17.7 Å². The number of aromatic nitrogens is 2. The Morgan fingerprint density at radius 3 is 2.96 bits per heavy atom. The minimum atomic E-state index is -0.583. The summed E-state index contributed by atoms with van der Waals surface area (Å²) in [6.07, 6.45) is 2.09. The molecule has 1 aliphatic rings. The van der Waals surface area contributed by atoms with E-state index in [1.165, 1.54) is 19.2 Å². The summed E-state index contributed by atoms with van der Waals surface area (Å²) in [6, 6.07) is 4.04. The highest BCUT2D eigenvalue weighted by Gasteiger charge is 2.21. The second-order valence-electron chi connectivity index (χ2n) is 5.46. The number of methoxy groups -OCH3 is 1. The second-order valence-corrected chi connectivity index (χ2v) is 6.69. The Bertz CT molecular complexity index is 716. The maximum Gasteiger partial charge on any atom is 0.251 e. The van der Waals surface area contributed by atoms with E-state index in [1.54, 1.807) is 0 Å². The molecule has 0 aliphatic carbocycles. The van der Waals surface area contributed by atoms with Gasteiger partial charge in [-0.25, -0.2) is 4.39 Å². The minimum absolute atomic E-state index is 0.0961. The molecule has 0 atom stereocenters. The van der Waals surface area contributed by atoms with Crippen LogP contribution in [0.5, 0.6) is 5.75 Å². The van der Waals surface area contributed by atoms with Crippen molar-refractivity contribution in [3.05, 3.63) is 41.3 Å². The Kier molecular flexibility index (Phi) is 5.34. The quantitative estimate of drug-likeness (QED) is 0.892. The van der Waals surface area contributed by atoms with Crippen molar-refractivity contribution in [2.75, 3.05) is 18.6 Å². The van der Waals surface area contributed by atoms with Gasteiger partial charge in [-0.3, -0.25) is 4.79 Å². The van der Waals surface area contributed by atoms with E-state index in [9.17, 15) is 9.18 Å². The lowest BCUT2D eigenvalue weighted by Crippen LogP contribution is -2.23. The molecule has 2 aromatic rings. The summed E-state index contributed by atoms with van der Waals surface area (Å²) in [5.74, 6) is 2.70. The van der Waals surface area contributed by atoms with E-state index in [4.69, 9.17) is 9.26 Å². The minimum Gasteiger partial charge on any atom is -0.494 e. The van der Waals surface area contributed by atoms with Crippen LogP contribution in [0.25, 0.3) is 0 Å². The first-order valence-electron chi connectivity index (χ1n) is 7.69. The average Bonchev–Trinajstić information content (AvgIpc) is 3.09. The Morgan fingerprint density at radius 1 is 1.46 bits per heavy atom. The number of carbonyl (C=O) groups excluding carboxylic acids is 1. The van der Waals surface area contributed by atoms with Crippen LogP contribution in [0.1, 0.15) is 40.8 Å². The van der Waals surface area contributed by atoms with Gasteiger partial charge in [-0.15, -0.1) is 0 Å². The number of ether oxygens (including phenoxy) is 1. The maximum absolute atomic E-state index is 13.6. The zero-order valence-electron chi connectivity index (χ0n) is 13.3. The molecule has 1 amide bonds. The smallest absolute Gasteiger partial charge is 0.251 e. The number of thioether (sulfide) groups is 1. The largest absolute Gasteiger partial charge is 0.494 e. The fraction of sp³-hybridized carbons (Fsp3) is 0.438. The third-order valence-corrected chi connectivity index (χ3v) is 4.93. The SMILES string of the molecule is COc1ccc(C(=O)NCc2nc(C3CCSCC3)no2)cc1F. The van der Waals surface area contributed by atoms with Gasteiger partial charge in [-0.1, -0.05) is 5.16 Å². The molecular formula is C16H18FN3O3S. The lowest BCUT2D eigenvalue weighted by molar-refractivity contribution is 0.0945. The number of nitrogens with one attached hydrogen (secondary N) is 1. The first-order chi connectivity index (χ1) is 11.7. The van der Waals surface area contributed by atoms with E-state index in [0.29, 0.717) is 17.6 Å². The van der Waals surface area contributed by atoms with E-state index in [0.717, 1.165) is 30.4 Å². The summed E-state index contributed by atoms with van der Waals surface area (Å²) in [5, 5.41) is 6.65. The molecule has 0 spiro atoms. The van der Waals surface area contributed by atoms with Gasteiger partial charge < -0.3 is 14.6 Å². The first kappa shape index (κ1) is 16.8. The summed E-state index contributed by atoms with van der Waals surface area (Å²) in [6.45, 7) is 0.112. The van der Waals surface area contributed by atoms with Crippen molar-refractivity contribution in [2.24, 2.45) is 0 Å². The molecule has 6 nitrogen and oxygen atoms in total. The van der Waals surface area contributed by atoms with Gasteiger partial charge >= 0.3 is 0 Å². The highest BCUT2D eigenvalue weighted by molar-refractivity contribution is 7.99. The Morgan fingerprint density at radius 2 is 2.25 bits per heavy atom. The number of halogens is 1. The molecular weight excluding hydrogens is 333 g/mol. The van der Waals surface area contributed by atoms with Gasteiger partial charge in [0.15, 0.2) is 17.4 Å². The highest BCUT2D eigenvalue weighted by Crippen LogP contribution is 2.29. The van der Waals surface area contributed by atoms with E-state index in [1.807, 2.05) is 11.8 Å². The summed E-state index contributed by atoms with van der Waals surface area (Å²) in [7, 11) is 1.37. The molecule has 24 heavy (non-hydrogen) atoms. The van der Waals surface area contributed by atoms with Crippen molar-refractivity contribution in [2.45, 2.75) is 25.3 Å². The molecule has 1 aliphatic heterocycles. The molecule has 1 N–H and O–H groups in total. The summed E-state index contributed by atoms with van der Waals surface area (Å²) in [5.41, 5.74) is 0.206. The number of rotatable bonds is 5. The topological polar surface area (TPSA) is 77.2 Å². The van der Waals surface area contributed by atoms with E-state index in [-0.39, 0.29) is 17.9 Å². The van der Waals surface area contributed by atoms with Gasteiger partial charge in [-0.05, 0) is 42.5 Å². The Labute approximate surface area is 143 Å². The van der Waals surface area contributed by atoms with Crippen LogP contribution in [0.3, 0.4) is 0 Å². The van der Waals surface area contributed by atoms with Crippen molar-refractivity contribution in [3.8, 4) is 5.75 Å². The Hall–Kier alpha value is -2.09. The number of benzene rings is 1. The van der Waals surface area contributed by atoms with Crippen molar-refractivity contribution in [3.63, 3.8) is 0 Å². The number of amides is 1. The summed E-state index contributed by atoms with van der Waals surface area (Å²) >= 11 is 1.93. The van der Waals surface area contributed by atoms with Crippen LogP contribution < -0.4 is 10.1 Å². The number of hydrogen-bond donors (Lipinski definition) is 1. The maximum atomic E-state index is 13.6. The number of hydrogen-bond acceptors (Lipinski definition) is 6.